The lowest BCUT2D eigenvalue weighted by atomic mass is 10.1. The fourth-order valence-electron chi connectivity index (χ4n) is 1.93. The van der Waals surface area contributed by atoms with E-state index in [1.54, 1.807) is 12.1 Å². The predicted octanol–water partition coefficient (Wildman–Crippen LogP) is 4.14. The molecule has 2 rings (SSSR count). The fraction of sp³-hybridized carbons (Fsp3) is 0.167. The summed E-state index contributed by atoms with van der Waals surface area (Å²) in [6.07, 6.45) is 1.75. The summed E-state index contributed by atoms with van der Waals surface area (Å²) in [5.74, 6) is 0.810. The maximum atomic E-state index is 11.7. The topological polar surface area (TPSA) is 44.8 Å². The second-order valence-corrected chi connectivity index (χ2v) is 4.60. The van der Waals surface area contributed by atoms with Crippen LogP contribution in [0.1, 0.15) is 11.1 Å². The van der Waals surface area contributed by atoms with Crippen LogP contribution >= 0.6 is 0 Å². The lowest BCUT2D eigenvalue weighted by molar-refractivity contribution is 0.0917. The van der Waals surface area contributed by atoms with Crippen LogP contribution in [0.15, 0.2) is 61.2 Å². The van der Waals surface area contributed by atoms with Gasteiger partial charge in [-0.15, -0.1) is 6.58 Å². The van der Waals surface area contributed by atoms with Crippen molar-refractivity contribution in [3.8, 4) is 11.5 Å². The molecule has 0 fully saturated rings. The molecule has 0 aliphatic carbocycles. The van der Waals surface area contributed by atoms with Crippen LogP contribution in [0.25, 0.3) is 0 Å². The lowest BCUT2D eigenvalue weighted by Gasteiger charge is -2.10. The quantitative estimate of drug-likeness (QED) is 0.457. The molecule has 0 heterocycles. The van der Waals surface area contributed by atoms with Gasteiger partial charge in [0, 0.05) is 0 Å². The summed E-state index contributed by atoms with van der Waals surface area (Å²) in [5, 5.41) is 0. The van der Waals surface area contributed by atoms with Crippen molar-refractivity contribution >= 4 is 6.16 Å². The summed E-state index contributed by atoms with van der Waals surface area (Å²) < 4.78 is 15.5. The van der Waals surface area contributed by atoms with Gasteiger partial charge in [-0.05, 0) is 29.7 Å². The SMILES string of the molecule is C=CCc1ccc(OC(=O)OCc2ccccc2)c(OC)c1. The molecule has 0 atom stereocenters. The van der Waals surface area contributed by atoms with Crippen molar-refractivity contribution in [2.45, 2.75) is 13.0 Å². The standard InChI is InChI=1S/C18H18O4/c1-3-7-14-10-11-16(17(12-14)20-2)22-18(19)21-13-15-8-5-4-6-9-15/h3-6,8-12H,1,7,13H2,2H3. The predicted molar refractivity (Wildman–Crippen MR) is 84.2 cm³/mol. The van der Waals surface area contributed by atoms with Crippen LogP contribution in [0.4, 0.5) is 4.79 Å². The van der Waals surface area contributed by atoms with E-state index in [1.165, 1.54) is 7.11 Å². The normalized spacial score (nSPS) is 9.86. The minimum atomic E-state index is -0.765. The van der Waals surface area contributed by atoms with Crippen molar-refractivity contribution in [1.82, 2.24) is 0 Å². The minimum Gasteiger partial charge on any atom is -0.493 e. The number of benzene rings is 2. The molecule has 0 unspecified atom stereocenters. The van der Waals surface area contributed by atoms with Crippen molar-refractivity contribution < 1.29 is 19.0 Å². The Morgan fingerprint density at radius 2 is 1.86 bits per heavy atom. The van der Waals surface area contributed by atoms with E-state index in [1.807, 2.05) is 42.5 Å². The number of hydrogen-bond donors (Lipinski definition) is 0. The molecule has 0 saturated carbocycles. The number of allylic oxidation sites excluding steroid dienone is 1. The van der Waals surface area contributed by atoms with Gasteiger partial charge in [-0.25, -0.2) is 4.79 Å². The highest BCUT2D eigenvalue weighted by molar-refractivity contribution is 5.65. The Morgan fingerprint density at radius 3 is 2.55 bits per heavy atom. The molecule has 0 aliphatic rings. The highest BCUT2D eigenvalue weighted by Gasteiger charge is 2.12. The smallest absolute Gasteiger partial charge is 0.493 e. The Morgan fingerprint density at radius 1 is 1.09 bits per heavy atom. The maximum absolute atomic E-state index is 11.7. The van der Waals surface area contributed by atoms with E-state index < -0.39 is 6.16 Å². The molecule has 0 saturated heterocycles. The molecule has 4 heteroatoms. The molecule has 0 spiro atoms. The second-order valence-electron chi connectivity index (χ2n) is 4.60. The highest BCUT2D eigenvalue weighted by atomic mass is 16.7. The van der Waals surface area contributed by atoms with Crippen molar-refractivity contribution in [1.29, 1.82) is 0 Å². The maximum Gasteiger partial charge on any atom is 0.514 e. The molecule has 2 aromatic carbocycles. The zero-order valence-corrected chi connectivity index (χ0v) is 12.5. The van der Waals surface area contributed by atoms with Crippen LogP contribution in [0.2, 0.25) is 0 Å². The molecule has 0 amide bonds. The molecule has 0 aromatic heterocycles. The number of carbonyl (C=O) groups excluding carboxylic acids is 1. The van der Waals surface area contributed by atoms with E-state index in [0.717, 1.165) is 17.5 Å². The van der Waals surface area contributed by atoms with E-state index in [-0.39, 0.29) is 6.61 Å². The van der Waals surface area contributed by atoms with Gasteiger partial charge in [0.05, 0.1) is 7.11 Å². The first kappa shape index (κ1) is 15.6. The van der Waals surface area contributed by atoms with E-state index in [0.29, 0.717) is 11.5 Å². The Balaban J connectivity index is 1.97. The summed E-state index contributed by atoms with van der Waals surface area (Å²) in [6, 6.07) is 14.7. The molecule has 22 heavy (non-hydrogen) atoms. The minimum absolute atomic E-state index is 0.163. The summed E-state index contributed by atoms with van der Waals surface area (Å²) in [5.41, 5.74) is 1.92. The van der Waals surface area contributed by atoms with E-state index in [4.69, 9.17) is 14.2 Å². The highest BCUT2D eigenvalue weighted by Crippen LogP contribution is 2.28. The van der Waals surface area contributed by atoms with Gasteiger partial charge in [0.15, 0.2) is 11.5 Å². The van der Waals surface area contributed by atoms with Crippen LogP contribution in [0.5, 0.6) is 11.5 Å². The van der Waals surface area contributed by atoms with Gasteiger partial charge in [-0.2, -0.15) is 0 Å². The molecular weight excluding hydrogens is 280 g/mol. The third-order valence-electron chi connectivity index (χ3n) is 3.00. The molecule has 4 nitrogen and oxygen atoms in total. The van der Waals surface area contributed by atoms with Crippen LogP contribution in [-0.2, 0) is 17.8 Å². The van der Waals surface area contributed by atoms with Crippen molar-refractivity contribution in [2.24, 2.45) is 0 Å². The average Bonchev–Trinajstić information content (AvgIpc) is 2.55. The zero-order chi connectivity index (χ0) is 15.8. The van der Waals surface area contributed by atoms with Gasteiger partial charge in [-0.1, -0.05) is 42.5 Å². The monoisotopic (exact) mass is 298 g/mol. The van der Waals surface area contributed by atoms with Crippen LogP contribution in [-0.4, -0.2) is 13.3 Å². The van der Waals surface area contributed by atoms with Crippen molar-refractivity contribution in [3.05, 3.63) is 72.3 Å². The first-order valence-corrected chi connectivity index (χ1v) is 6.89. The Hall–Kier alpha value is -2.75. The van der Waals surface area contributed by atoms with Crippen LogP contribution in [0.3, 0.4) is 0 Å². The number of methoxy groups -OCH3 is 1. The molecule has 2 aromatic rings. The van der Waals surface area contributed by atoms with Crippen LogP contribution < -0.4 is 9.47 Å². The summed E-state index contributed by atoms with van der Waals surface area (Å²) in [7, 11) is 1.52. The van der Waals surface area contributed by atoms with E-state index in [2.05, 4.69) is 6.58 Å². The summed E-state index contributed by atoms with van der Waals surface area (Å²) >= 11 is 0. The van der Waals surface area contributed by atoms with Crippen molar-refractivity contribution in [2.75, 3.05) is 7.11 Å². The van der Waals surface area contributed by atoms with E-state index >= 15 is 0 Å². The fourth-order valence-corrected chi connectivity index (χ4v) is 1.93. The van der Waals surface area contributed by atoms with Gasteiger partial charge in [0.25, 0.3) is 0 Å². The summed E-state index contributed by atoms with van der Waals surface area (Å²) in [4.78, 5) is 11.7. The summed E-state index contributed by atoms with van der Waals surface area (Å²) in [6.45, 7) is 3.85. The molecule has 0 aliphatic heterocycles. The van der Waals surface area contributed by atoms with Gasteiger partial charge < -0.3 is 14.2 Å². The zero-order valence-electron chi connectivity index (χ0n) is 12.5. The third kappa shape index (κ3) is 4.38. The Bertz CT molecular complexity index is 635. The number of hydrogen-bond acceptors (Lipinski definition) is 4. The van der Waals surface area contributed by atoms with Gasteiger partial charge >= 0.3 is 6.16 Å². The number of carbonyl (C=O) groups is 1. The first-order chi connectivity index (χ1) is 10.7. The van der Waals surface area contributed by atoms with Crippen molar-refractivity contribution in [3.63, 3.8) is 0 Å². The average molecular weight is 298 g/mol. The third-order valence-corrected chi connectivity index (χ3v) is 3.00. The number of ether oxygens (including phenoxy) is 3. The number of rotatable bonds is 6. The lowest BCUT2D eigenvalue weighted by Crippen LogP contribution is -2.11. The Kier molecular flexibility index (Phi) is 5.60. The molecule has 114 valence electrons. The molecule has 0 radical (unpaired) electrons. The van der Waals surface area contributed by atoms with Gasteiger partial charge in [0.1, 0.15) is 6.61 Å². The second kappa shape index (κ2) is 7.88. The van der Waals surface area contributed by atoms with Crippen LogP contribution in [0, 0.1) is 0 Å². The Labute approximate surface area is 129 Å². The molecular formula is C18H18O4. The molecule has 0 N–H and O–H groups in total. The molecule has 0 bridgehead atoms. The largest absolute Gasteiger partial charge is 0.514 e. The van der Waals surface area contributed by atoms with E-state index in [9.17, 15) is 4.79 Å². The first-order valence-electron chi connectivity index (χ1n) is 6.89. The van der Waals surface area contributed by atoms with Gasteiger partial charge in [-0.3, -0.25) is 0 Å². The van der Waals surface area contributed by atoms with Gasteiger partial charge in [0.2, 0.25) is 0 Å².